The first kappa shape index (κ1) is 16.4. The molecule has 0 spiro atoms. The van der Waals surface area contributed by atoms with E-state index in [1.807, 2.05) is 6.20 Å². The molecule has 0 heterocycles. The minimum absolute atomic E-state index is 0.0293. The molecular formula is C21H31NO2. The van der Waals surface area contributed by atoms with Crippen molar-refractivity contribution in [1.82, 2.24) is 5.32 Å². The molecular weight excluding hydrogens is 298 g/mol. The summed E-state index contributed by atoms with van der Waals surface area (Å²) < 4.78 is 0. The highest BCUT2D eigenvalue weighted by molar-refractivity contribution is 6.04. The number of ketones is 2. The maximum absolute atomic E-state index is 13.0. The molecule has 0 aromatic carbocycles. The molecule has 4 fully saturated rings. The van der Waals surface area contributed by atoms with E-state index in [4.69, 9.17) is 0 Å². The van der Waals surface area contributed by atoms with Gasteiger partial charge < -0.3 is 5.32 Å². The Balaban J connectivity index is 1.62. The summed E-state index contributed by atoms with van der Waals surface area (Å²) in [5, 5.41) is 3.42. The summed E-state index contributed by atoms with van der Waals surface area (Å²) in [5.41, 5.74) is 0.575. The average molecular weight is 329 g/mol. The Labute approximate surface area is 145 Å². The van der Waals surface area contributed by atoms with Crippen molar-refractivity contribution in [3.63, 3.8) is 0 Å². The summed E-state index contributed by atoms with van der Waals surface area (Å²) in [6, 6.07) is -0.117. The summed E-state index contributed by atoms with van der Waals surface area (Å²) in [6.07, 6.45) is 6.13. The van der Waals surface area contributed by atoms with E-state index in [2.05, 4.69) is 46.9 Å². The van der Waals surface area contributed by atoms with E-state index in [1.54, 1.807) is 0 Å². The van der Waals surface area contributed by atoms with Gasteiger partial charge in [-0.1, -0.05) is 41.5 Å². The predicted octanol–water partition coefficient (Wildman–Crippen LogP) is 3.88. The van der Waals surface area contributed by atoms with Crippen molar-refractivity contribution in [1.29, 1.82) is 0 Å². The lowest BCUT2D eigenvalue weighted by Crippen LogP contribution is -2.41. The smallest absolute Gasteiger partial charge is 0.167 e. The number of hydrogen-bond donors (Lipinski definition) is 1. The minimum atomic E-state index is -0.227. The van der Waals surface area contributed by atoms with E-state index < -0.39 is 0 Å². The van der Waals surface area contributed by atoms with Crippen LogP contribution in [0.3, 0.4) is 0 Å². The van der Waals surface area contributed by atoms with Gasteiger partial charge in [0.05, 0.1) is 6.04 Å². The van der Waals surface area contributed by atoms with Crippen molar-refractivity contribution in [2.45, 2.75) is 73.3 Å². The van der Waals surface area contributed by atoms with Crippen LogP contribution in [0.1, 0.15) is 67.2 Å². The highest BCUT2D eigenvalue weighted by atomic mass is 16.1. The first-order chi connectivity index (χ1) is 11.0. The van der Waals surface area contributed by atoms with Crippen LogP contribution in [-0.2, 0) is 9.59 Å². The number of carbonyl (C=O) groups is 2. The van der Waals surface area contributed by atoms with Crippen molar-refractivity contribution in [3.05, 3.63) is 11.8 Å². The maximum atomic E-state index is 13.0. The SMILES string of the molecule is CC1(C)[C@H]2CC[C@@]1(C)C(=O)/C2=C/N[C@H]1C(=O)[C@]2(C)CC[C@@H]1C2(C)C. The van der Waals surface area contributed by atoms with Crippen molar-refractivity contribution in [2.75, 3.05) is 0 Å². The van der Waals surface area contributed by atoms with E-state index in [0.717, 1.165) is 31.3 Å². The molecule has 132 valence electrons. The molecule has 5 atom stereocenters. The fourth-order valence-corrected chi connectivity index (χ4v) is 6.55. The van der Waals surface area contributed by atoms with Gasteiger partial charge in [0.1, 0.15) is 0 Å². The molecule has 0 aromatic rings. The maximum Gasteiger partial charge on any atom is 0.167 e. The molecule has 0 amide bonds. The van der Waals surface area contributed by atoms with E-state index in [-0.39, 0.29) is 27.7 Å². The Hall–Kier alpha value is -1.12. The van der Waals surface area contributed by atoms with Gasteiger partial charge in [-0.25, -0.2) is 0 Å². The lowest BCUT2D eigenvalue weighted by Gasteiger charge is -2.32. The molecule has 4 rings (SSSR count). The predicted molar refractivity (Wildman–Crippen MR) is 94.2 cm³/mol. The van der Waals surface area contributed by atoms with Crippen molar-refractivity contribution in [2.24, 2.45) is 33.5 Å². The zero-order valence-corrected chi connectivity index (χ0v) is 16.0. The average Bonchev–Trinajstić information content (AvgIpc) is 2.97. The second-order valence-corrected chi connectivity index (χ2v) is 10.3. The number of nitrogens with one attached hydrogen (secondary N) is 1. The largest absolute Gasteiger partial charge is 0.381 e. The second-order valence-electron chi connectivity index (χ2n) is 10.3. The van der Waals surface area contributed by atoms with Crippen molar-refractivity contribution >= 4 is 11.6 Å². The molecule has 0 aliphatic heterocycles. The number of rotatable bonds is 2. The van der Waals surface area contributed by atoms with Crippen LogP contribution in [0.25, 0.3) is 0 Å². The Morgan fingerprint density at radius 1 is 0.917 bits per heavy atom. The summed E-state index contributed by atoms with van der Waals surface area (Å²) >= 11 is 0. The van der Waals surface area contributed by atoms with E-state index in [0.29, 0.717) is 23.4 Å². The van der Waals surface area contributed by atoms with Crippen LogP contribution in [0.2, 0.25) is 0 Å². The summed E-state index contributed by atoms with van der Waals surface area (Å²) in [4.78, 5) is 25.9. The van der Waals surface area contributed by atoms with Gasteiger partial charge >= 0.3 is 0 Å². The Kier molecular flexibility index (Phi) is 2.96. The number of allylic oxidation sites excluding steroid dienone is 1. The lowest BCUT2D eigenvalue weighted by atomic mass is 9.70. The topological polar surface area (TPSA) is 46.2 Å². The number of carbonyl (C=O) groups excluding carboxylic acids is 2. The van der Waals surface area contributed by atoms with Gasteiger partial charge in [-0.3, -0.25) is 9.59 Å². The third kappa shape index (κ3) is 1.51. The Bertz CT molecular complexity index is 673. The van der Waals surface area contributed by atoms with Gasteiger partial charge in [-0.15, -0.1) is 0 Å². The molecule has 3 nitrogen and oxygen atoms in total. The molecule has 1 N–H and O–H groups in total. The molecule has 0 radical (unpaired) electrons. The standard InChI is InChI=1S/C21H31NO2/c1-18(2)13-7-9-20(18,5)16(23)12(13)11-22-15-14-8-10-21(6,17(15)24)19(14,3)4/h11,13-15,22H,7-10H2,1-6H3/b12-11+/t13-,14-,15+,20-,21-/m0/s1. The number of fused-ring (bicyclic) bond motifs is 4. The molecule has 0 unspecified atom stereocenters. The minimum Gasteiger partial charge on any atom is -0.381 e. The van der Waals surface area contributed by atoms with Crippen molar-refractivity contribution in [3.8, 4) is 0 Å². The molecule has 4 bridgehead atoms. The fourth-order valence-electron chi connectivity index (χ4n) is 6.55. The monoisotopic (exact) mass is 329 g/mol. The van der Waals surface area contributed by atoms with Crippen LogP contribution in [0.5, 0.6) is 0 Å². The molecule has 0 aromatic heterocycles. The van der Waals surface area contributed by atoms with Crippen LogP contribution < -0.4 is 5.32 Å². The van der Waals surface area contributed by atoms with Crippen LogP contribution in [0, 0.1) is 33.5 Å². The van der Waals surface area contributed by atoms with Gasteiger partial charge in [-0.05, 0) is 48.3 Å². The Morgan fingerprint density at radius 3 is 2.04 bits per heavy atom. The van der Waals surface area contributed by atoms with Crippen LogP contribution >= 0.6 is 0 Å². The first-order valence-corrected chi connectivity index (χ1v) is 9.54. The lowest BCUT2D eigenvalue weighted by molar-refractivity contribution is -0.130. The van der Waals surface area contributed by atoms with Gasteiger partial charge in [0.15, 0.2) is 11.6 Å². The third-order valence-corrected chi connectivity index (χ3v) is 9.32. The van der Waals surface area contributed by atoms with E-state index in [1.165, 1.54) is 0 Å². The Morgan fingerprint density at radius 2 is 1.54 bits per heavy atom. The molecule has 4 aliphatic carbocycles. The van der Waals surface area contributed by atoms with Crippen LogP contribution in [-0.4, -0.2) is 17.6 Å². The van der Waals surface area contributed by atoms with Crippen molar-refractivity contribution < 1.29 is 9.59 Å². The molecule has 3 heteroatoms. The third-order valence-electron chi connectivity index (χ3n) is 9.32. The normalized spacial score (nSPS) is 49.4. The fraction of sp³-hybridized carbons (Fsp3) is 0.810. The first-order valence-electron chi connectivity index (χ1n) is 9.54. The van der Waals surface area contributed by atoms with Gasteiger partial charge in [0.2, 0.25) is 0 Å². The van der Waals surface area contributed by atoms with Crippen LogP contribution in [0.15, 0.2) is 11.8 Å². The molecule has 4 aliphatic rings. The zero-order valence-electron chi connectivity index (χ0n) is 16.0. The van der Waals surface area contributed by atoms with Gasteiger partial charge in [0, 0.05) is 22.6 Å². The molecule has 4 saturated carbocycles. The molecule has 0 saturated heterocycles. The number of hydrogen-bond acceptors (Lipinski definition) is 3. The second kappa shape index (κ2) is 4.34. The van der Waals surface area contributed by atoms with Crippen LogP contribution in [0.4, 0.5) is 0 Å². The highest BCUT2D eigenvalue weighted by Crippen LogP contribution is 2.66. The van der Waals surface area contributed by atoms with E-state index in [9.17, 15) is 9.59 Å². The summed E-state index contributed by atoms with van der Waals surface area (Å²) in [6.45, 7) is 13.2. The highest BCUT2D eigenvalue weighted by Gasteiger charge is 2.67. The molecule has 24 heavy (non-hydrogen) atoms. The quantitative estimate of drug-likeness (QED) is 0.782. The summed E-state index contributed by atoms with van der Waals surface area (Å²) in [5.74, 6) is 1.36. The zero-order chi connectivity index (χ0) is 17.7. The summed E-state index contributed by atoms with van der Waals surface area (Å²) in [7, 11) is 0. The van der Waals surface area contributed by atoms with Gasteiger partial charge in [0.25, 0.3) is 0 Å². The van der Waals surface area contributed by atoms with E-state index >= 15 is 0 Å². The van der Waals surface area contributed by atoms with Gasteiger partial charge in [-0.2, -0.15) is 0 Å². The number of Topliss-reactive ketones (excluding diaryl/α,β-unsaturated/α-hetero) is 2.